The fourth-order valence-electron chi connectivity index (χ4n) is 4.03. The Kier molecular flexibility index (Phi) is 4.90. The highest BCUT2D eigenvalue weighted by atomic mass is 32.2. The Bertz CT molecular complexity index is 867. The third kappa shape index (κ3) is 3.98. The van der Waals surface area contributed by atoms with Crippen molar-refractivity contribution in [2.75, 3.05) is 24.6 Å². The summed E-state index contributed by atoms with van der Waals surface area (Å²) < 4.78 is 37.6. The Balaban J connectivity index is 1.40. The second-order valence-electron chi connectivity index (χ2n) is 7.35. The lowest BCUT2D eigenvalue weighted by Gasteiger charge is -2.28. The molecular formula is C18H22FN3O4S. The lowest BCUT2D eigenvalue weighted by molar-refractivity contribution is -0.132. The third-order valence-corrected chi connectivity index (χ3v) is 7.10. The van der Waals surface area contributed by atoms with Crippen molar-refractivity contribution in [2.24, 2.45) is 5.16 Å². The average molecular weight is 395 g/mol. The van der Waals surface area contributed by atoms with E-state index in [1.165, 1.54) is 12.1 Å². The van der Waals surface area contributed by atoms with E-state index in [-0.39, 0.29) is 35.7 Å². The first kappa shape index (κ1) is 18.4. The van der Waals surface area contributed by atoms with Crippen LogP contribution in [0.4, 0.5) is 4.39 Å². The maximum Gasteiger partial charge on any atom is 0.264 e. The molecule has 0 unspecified atom stereocenters. The Morgan fingerprint density at radius 1 is 1.26 bits per heavy atom. The van der Waals surface area contributed by atoms with E-state index in [2.05, 4.69) is 15.4 Å². The molecule has 1 N–H and O–H groups in total. The molecule has 146 valence electrons. The molecule has 3 aliphatic heterocycles. The van der Waals surface area contributed by atoms with Gasteiger partial charge < -0.3 is 10.2 Å². The van der Waals surface area contributed by atoms with Gasteiger partial charge in [-0.25, -0.2) is 12.8 Å². The molecule has 0 radical (unpaired) electrons. The summed E-state index contributed by atoms with van der Waals surface area (Å²) in [7, 11) is -3.18. The van der Waals surface area contributed by atoms with Crippen molar-refractivity contribution < 1.29 is 22.4 Å². The number of carbonyl (C=O) groups is 1. The van der Waals surface area contributed by atoms with Gasteiger partial charge >= 0.3 is 0 Å². The van der Waals surface area contributed by atoms with E-state index in [0.29, 0.717) is 11.3 Å². The van der Waals surface area contributed by atoms with E-state index < -0.39 is 22.0 Å². The smallest absolute Gasteiger partial charge is 0.264 e. The van der Waals surface area contributed by atoms with Gasteiger partial charge in [-0.1, -0.05) is 17.3 Å². The molecule has 3 atom stereocenters. The van der Waals surface area contributed by atoms with Crippen molar-refractivity contribution in [3.63, 3.8) is 0 Å². The lowest BCUT2D eigenvalue weighted by Crippen LogP contribution is -2.52. The molecule has 3 aliphatic rings. The number of nitrogens with zero attached hydrogens (tertiary/aromatic N) is 2. The Morgan fingerprint density at radius 2 is 2.04 bits per heavy atom. The molecule has 3 heterocycles. The maximum atomic E-state index is 13.4. The van der Waals surface area contributed by atoms with Crippen LogP contribution < -0.4 is 5.32 Å². The van der Waals surface area contributed by atoms with E-state index in [1.54, 1.807) is 12.1 Å². The summed E-state index contributed by atoms with van der Waals surface area (Å²) in [6.07, 6.45) is 1.50. The number of oxime groups is 1. The SMILES string of the molecule is O=C(N[C@@H]1CS(=O)(=O)C[C@@H]1N1CCCC1)[C@H]1CC(c2cccc(F)c2)=NO1. The van der Waals surface area contributed by atoms with Crippen LogP contribution in [0.1, 0.15) is 24.8 Å². The number of hydrogen-bond acceptors (Lipinski definition) is 6. The Hall–Kier alpha value is -2.00. The molecule has 1 aromatic carbocycles. The van der Waals surface area contributed by atoms with E-state index in [1.807, 2.05) is 0 Å². The molecule has 27 heavy (non-hydrogen) atoms. The average Bonchev–Trinajstić information content (AvgIpc) is 3.34. The van der Waals surface area contributed by atoms with Gasteiger partial charge in [-0.05, 0) is 38.1 Å². The van der Waals surface area contributed by atoms with Crippen molar-refractivity contribution in [2.45, 2.75) is 37.5 Å². The van der Waals surface area contributed by atoms with Gasteiger partial charge in [0.2, 0.25) is 6.10 Å². The molecule has 1 aromatic rings. The topological polar surface area (TPSA) is 88.1 Å². The standard InChI is InChI=1S/C18H22FN3O4S/c19-13-5-3-4-12(8-13)14-9-17(26-21-14)18(23)20-15-10-27(24,25)11-16(15)22-6-1-2-7-22/h3-5,8,15-17H,1-2,6-7,9-11H2,(H,20,23)/t15-,16+,17-/m1/s1. The van der Waals surface area contributed by atoms with Crippen molar-refractivity contribution in [1.29, 1.82) is 0 Å². The van der Waals surface area contributed by atoms with Gasteiger partial charge in [0.15, 0.2) is 9.84 Å². The molecule has 0 aromatic heterocycles. The molecule has 0 spiro atoms. The highest BCUT2D eigenvalue weighted by Crippen LogP contribution is 2.24. The van der Waals surface area contributed by atoms with Crippen LogP contribution in [0.25, 0.3) is 0 Å². The number of sulfone groups is 1. The molecule has 0 saturated carbocycles. The molecule has 9 heteroatoms. The molecule has 0 bridgehead atoms. The first-order valence-electron chi connectivity index (χ1n) is 9.15. The number of carbonyl (C=O) groups excluding carboxylic acids is 1. The number of halogens is 1. The minimum atomic E-state index is -3.18. The predicted octanol–water partition coefficient (Wildman–Crippen LogP) is 0.696. The zero-order valence-electron chi connectivity index (χ0n) is 14.8. The largest absolute Gasteiger partial charge is 0.382 e. The Labute approximate surface area is 157 Å². The normalized spacial score (nSPS) is 30.1. The van der Waals surface area contributed by atoms with E-state index in [9.17, 15) is 17.6 Å². The van der Waals surface area contributed by atoms with E-state index >= 15 is 0 Å². The van der Waals surface area contributed by atoms with Crippen LogP contribution in [0.3, 0.4) is 0 Å². The fourth-order valence-corrected chi connectivity index (χ4v) is 5.98. The number of amides is 1. The van der Waals surface area contributed by atoms with Crippen molar-refractivity contribution in [3.8, 4) is 0 Å². The van der Waals surface area contributed by atoms with Gasteiger partial charge in [-0.15, -0.1) is 0 Å². The molecule has 2 saturated heterocycles. The number of hydrogen-bond donors (Lipinski definition) is 1. The van der Waals surface area contributed by atoms with E-state index in [0.717, 1.165) is 25.9 Å². The third-order valence-electron chi connectivity index (χ3n) is 5.38. The van der Waals surface area contributed by atoms with Crippen LogP contribution in [0.15, 0.2) is 29.4 Å². The van der Waals surface area contributed by atoms with Gasteiger partial charge in [0.1, 0.15) is 5.82 Å². The minimum Gasteiger partial charge on any atom is -0.382 e. The number of benzene rings is 1. The summed E-state index contributed by atoms with van der Waals surface area (Å²) in [5, 5.41) is 6.76. The van der Waals surface area contributed by atoms with Crippen LogP contribution in [-0.4, -0.2) is 67.7 Å². The second kappa shape index (κ2) is 7.20. The molecule has 1 amide bonds. The predicted molar refractivity (Wildman–Crippen MR) is 97.6 cm³/mol. The van der Waals surface area contributed by atoms with Gasteiger partial charge in [0.05, 0.1) is 23.3 Å². The minimum absolute atomic E-state index is 0.0514. The molecule has 2 fully saturated rings. The molecule has 7 nitrogen and oxygen atoms in total. The van der Waals surface area contributed by atoms with Gasteiger partial charge in [0, 0.05) is 18.0 Å². The quantitative estimate of drug-likeness (QED) is 0.811. The summed E-state index contributed by atoms with van der Waals surface area (Å²) in [6.45, 7) is 1.72. The molecule has 4 rings (SSSR count). The number of likely N-dealkylation sites (tertiary alicyclic amines) is 1. The zero-order valence-corrected chi connectivity index (χ0v) is 15.6. The number of nitrogens with one attached hydrogen (secondary N) is 1. The van der Waals surface area contributed by atoms with Crippen molar-refractivity contribution in [3.05, 3.63) is 35.6 Å². The van der Waals surface area contributed by atoms with Crippen LogP contribution >= 0.6 is 0 Å². The van der Waals surface area contributed by atoms with Gasteiger partial charge in [0.25, 0.3) is 5.91 Å². The van der Waals surface area contributed by atoms with Crippen molar-refractivity contribution in [1.82, 2.24) is 10.2 Å². The summed E-state index contributed by atoms with van der Waals surface area (Å²) in [5.41, 5.74) is 1.08. The van der Waals surface area contributed by atoms with Gasteiger partial charge in [-0.3, -0.25) is 9.69 Å². The first-order chi connectivity index (χ1) is 12.9. The zero-order chi connectivity index (χ0) is 19.0. The molecule has 0 aliphatic carbocycles. The van der Waals surface area contributed by atoms with Crippen LogP contribution in [0.5, 0.6) is 0 Å². The van der Waals surface area contributed by atoms with Crippen LogP contribution in [0.2, 0.25) is 0 Å². The highest BCUT2D eigenvalue weighted by molar-refractivity contribution is 7.91. The highest BCUT2D eigenvalue weighted by Gasteiger charge is 2.43. The van der Waals surface area contributed by atoms with E-state index in [4.69, 9.17) is 4.84 Å². The lowest BCUT2D eigenvalue weighted by atomic mass is 10.0. The summed E-state index contributed by atoms with van der Waals surface area (Å²) in [4.78, 5) is 20.0. The summed E-state index contributed by atoms with van der Waals surface area (Å²) >= 11 is 0. The maximum absolute atomic E-state index is 13.4. The fraction of sp³-hybridized carbons (Fsp3) is 0.556. The Morgan fingerprint density at radius 3 is 2.78 bits per heavy atom. The first-order valence-corrected chi connectivity index (χ1v) is 11.0. The number of rotatable bonds is 4. The summed E-state index contributed by atoms with van der Waals surface area (Å²) in [5.74, 6) is -0.733. The second-order valence-corrected chi connectivity index (χ2v) is 9.50. The summed E-state index contributed by atoms with van der Waals surface area (Å²) in [6, 6.07) is 5.33. The van der Waals surface area contributed by atoms with Crippen LogP contribution in [0, 0.1) is 5.82 Å². The monoisotopic (exact) mass is 395 g/mol. The van der Waals surface area contributed by atoms with Crippen molar-refractivity contribution >= 4 is 21.5 Å². The molecular weight excluding hydrogens is 373 g/mol. The van der Waals surface area contributed by atoms with Crippen LogP contribution in [-0.2, 0) is 19.5 Å². The van der Waals surface area contributed by atoms with Gasteiger partial charge in [-0.2, -0.15) is 0 Å².